The number of H-pyrrole nitrogens is 1. The molecule has 0 spiro atoms. The number of hydrogen-bond donors (Lipinski definition) is 3. The quantitative estimate of drug-likeness (QED) is 0.719. The average molecular weight is 275 g/mol. The molecule has 1 heterocycles. The van der Waals surface area contributed by atoms with Gasteiger partial charge in [0, 0.05) is 19.3 Å². The number of anilines is 2. The molecule has 108 valence electrons. The Bertz CT molecular complexity index is 605. The van der Waals surface area contributed by atoms with Crippen molar-refractivity contribution in [3.8, 4) is 0 Å². The number of carbonyl (C=O) groups is 1. The van der Waals surface area contributed by atoms with Gasteiger partial charge in [0.2, 0.25) is 11.9 Å². The summed E-state index contributed by atoms with van der Waals surface area (Å²) in [6, 6.07) is 5.50. The predicted octanol–water partition coefficient (Wildman–Crippen LogP) is 1.35. The summed E-state index contributed by atoms with van der Waals surface area (Å²) in [5.41, 5.74) is 8.12. The van der Waals surface area contributed by atoms with E-state index in [2.05, 4.69) is 29.1 Å². The topological polar surface area (TPSA) is 87.0 Å². The fraction of sp³-hybridized carbons (Fsp3) is 0.429. The zero-order chi connectivity index (χ0) is 14.7. The van der Waals surface area contributed by atoms with E-state index in [4.69, 9.17) is 5.73 Å². The molecular weight excluding hydrogens is 254 g/mol. The number of amides is 1. The summed E-state index contributed by atoms with van der Waals surface area (Å²) in [5.74, 6) is 1.09. The molecule has 0 atom stereocenters. The summed E-state index contributed by atoms with van der Waals surface area (Å²) in [6.45, 7) is 5.08. The molecule has 0 radical (unpaired) electrons. The van der Waals surface area contributed by atoms with E-state index in [0.29, 0.717) is 24.1 Å². The molecule has 2 rings (SSSR count). The number of nitrogens with one attached hydrogen (secondary N) is 2. The Hall–Kier alpha value is -2.24. The summed E-state index contributed by atoms with van der Waals surface area (Å²) in [7, 11) is 1.83. The minimum atomic E-state index is -0.0128. The molecule has 0 saturated heterocycles. The van der Waals surface area contributed by atoms with Gasteiger partial charge in [0.1, 0.15) is 0 Å². The molecule has 0 unspecified atom stereocenters. The third kappa shape index (κ3) is 3.40. The van der Waals surface area contributed by atoms with Crippen molar-refractivity contribution >= 4 is 28.6 Å². The minimum absolute atomic E-state index is 0.0128. The number of rotatable bonds is 5. The van der Waals surface area contributed by atoms with E-state index in [1.54, 1.807) is 4.90 Å². The standard InChI is InChI=1S/C14H21N5O/c1-9(2)7-16-13(20)8-19(3)14-17-11-5-4-10(15)6-12(11)18-14/h4-6,9H,7-8,15H2,1-3H3,(H,16,20)(H,17,18). The largest absolute Gasteiger partial charge is 0.399 e. The molecule has 0 aliphatic heterocycles. The molecule has 1 aromatic carbocycles. The number of fused-ring (bicyclic) bond motifs is 1. The van der Waals surface area contributed by atoms with E-state index in [1.807, 2.05) is 25.2 Å². The lowest BCUT2D eigenvalue weighted by molar-refractivity contribution is -0.119. The van der Waals surface area contributed by atoms with Crippen molar-refractivity contribution in [1.29, 1.82) is 0 Å². The first-order valence-corrected chi connectivity index (χ1v) is 6.69. The van der Waals surface area contributed by atoms with Crippen LogP contribution in [0, 0.1) is 5.92 Å². The van der Waals surface area contributed by atoms with E-state index < -0.39 is 0 Å². The summed E-state index contributed by atoms with van der Waals surface area (Å²) in [4.78, 5) is 21.2. The lowest BCUT2D eigenvalue weighted by atomic mass is 10.2. The SMILES string of the molecule is CC(C)CNC(=O)CN(C)c1nc2ccc(N)cc2[nH]1. The third-order valence-corrected chi connectivity index (χ3v) is 2.94. The highest BCUT2D eigenvalue weighted by molar-refractivity contribution is 5.83. The summed E-state index contributed by atoms with van der Waals surface area (Å²) in [6.07, 6.45) is 0. The lowest BCUT2D eigenvalue weighted by Crippen LogP contribution is -2.37. The van der Waals surface area contributed by atoms with Crippen molar-refractivity contribution in [2.45, 2.75) is 13.8 Å². The first-order chi connectivity index (χ1) is 9.45. The normalized spacial score (nSPS) is 11.0. The number of hydrogen-bond acceptors (Lipinski definition) is 4. The molecule has 4 N–H and O–H groups in total. The van der Waals surface area contributed by atoms with Gasteiger partial charge in [-0.1, -0.05) is 13.8 Å². The first kappa shape index (κ1) is 14.2. The van der Waals surface area contributed by atoms with Crippen molar-refractivity contribution in [1.82, 2.24) is 15.3 Å². The van der Waals surface area contributed by atoms with Crippen molar-refractivity contribution in [3.05, 3.63) is 18.2 Å². The molecule has 6 heteroatoms. The first-order valence-electron chi connectivity index (χ1n) is 6.69. The number of carbonyl (C=O) groups excluding carboxylic acids is 1. The monoisotopic (exact) mass is 275 g/mol. The maximum atomic E-state index is 11.8. The smallest absolute Gasteiger partial charge is 0.239 e. The second-order valence-electron chi connectivity index (χ2n) is 5.39. The second-order valence-corrected chi connectivity index (χ2v) is 5.39. The van der Waals surface area contributed by atoms with Gasteiger partial charge in [-0.3, -0.25) is 4.79 Å². The highest BCUT2D eigenvalue weighted by Gasteiger charge is 2.11. The highest BCUT2D eigenvalue weighted by Crippen LogP contribution is 2.18. The number of aromatic nitrogens is 2. The molecule has 0 saturated carbocycles. The molecule has 1 amide bonds. The van der Waals surface area contributed by atoms with Crippen LogP contribution in [0.2, 0.25) is 0 Å². The number of likely N-dealkylation sites (N-methyl/N-ethyl adjacent to an activating group) is 1. The van der Waals surface area contributed by atoms with Crippen molar-refractivity contribution in [3.63, 3.8) is 0 Å². The van der Waals surface area contributed by atoms with Crippen molar-refractivity contribution in [2.24, 2.45) is 5.92 Å². The van der Waals surface area contributed by atoms with Crippen LogP contribution in [0.4, 0.5) is 11.6 Å². The maximum Gasteiger partial charge on any atom is 0.239 e. The second kappa shape index (κ2) is 5.81. The summed E-state index contributed by atoms with van der Waals surface area (Å²) >= 11 is 0. The molecule has 0 aliphatic rings. The van der Waals surface area contributed by atoms with Gasteiger partial charge in [-0.15, -0.1) is 0 Å². The van der Waals surface area contributed by atoms with Gasteiger partial charge in [0.05, 0.1) is 17.6 Å². The van der Waals surface area contributed by atoms with E-state index in [9.17, 15) is 4.79 Å². The Labute approximate surface area is 118 Å². The fourth-order valence-corrected chi connectivity index (χ4v) is 1.86. The van der Waals surface area contributed by atoms with Gasteiger partial charge < -0.3 is 20.9 Å². The number of nitrogen functional groups attached to an aromatic ring is 1. The van der Waals surface area contributed by atoms with Crippen LogP contribution in [0.25, 0.3) is 11.0 Å². The van der Waals surface area contributed by atoms with Gasteiger partial charge in [0.15, 0.2) is 0 Å². The number of nitrogens with zero attached hydrogens (tertiary/aromatic N) is 2. The Balaban J connectivity index is 2.03. The van der Waals surface area contributed by atoms with Crippen molar-refractivity contribution in [2.75, 3.05) is 30.8 Å². The van der Waals surface area contributed by atoms with E-state index in [1.165, 1.54) is 0 Å². The minimum Gasteiger partial charge on any atom is -0.399 e. The molecule has 0 bridgehead atoms. The molecular formula is C14H21N5O. The molecule has 6 nitrogen and oxygen atoms in total. The van der Waals surface area contributed by atoms with E-state index in [0.717, 1.165) is 11.0 Å². The van der Waals surface area contributed by atoms with Crippen LogP contribution in [-0.2, 0) is 4.79 Å². The molecule has 20 heavy (non-hydrogen) atoms. The molecule has 1 aromatic heterocycles. The van der Waals surface area contributed by atoms with Crippen LogP contribution in [0.5, 0.6) is 0 Å². The number of benzene rings is 1. The van der Waals surface area contributed by atoms with E-state index in [-0.39, 0.29) is 12.5 Å². The number of nitrogens with two attached hydrogens (primary N) is 1. The maximum absolute atomic E-state index is 11.8. The zero-order valence-corrected chi connectivity index (χ0v) is 12.1. The Morgan fingerprint density at radius 2 is 2.25 bits per heavy atom. The summed E-state index contributed by atoms with van der Waals surface area (Å²) in [5, 5.41) is 2.88. The predicted molar refractivity (Wildman–Crippen MR) is 81.6 cm³/mol. The van der Waals surface area contributed by atoms with Crippen molar-refractivity contribution < 1.29 is 4.79 Å². The summed E-state index contributed by atoms with van der Waals surface area (Å²) < 4.78 is 0. The van der Waals surface area contributed by atoms with Crippen LogP contribution < -0.4 is 16.0 Å². The number of imidazole rings is 1. The molecule has 0 fully saturated rings. The fourth-order valence-electron chi connectivity index (χ4n) is 1.86. The highest BCUT2D eigenvalue weighted by atomic mass is 16.2. The van der Waals surface area contributed by atoms with E-state index >= 15 is 0 Å². The van der Waals surface area contributed by atoms with Gasteiger partial charge in [-0.2, -0.15) is 0 Å². The van der Waals surface area contributed by atoms with Crippen LogP contribution >= 0.6 is 0 Å². The zero-order valence-electron chi connectivity index (χ0n) is 12.1. The van der Waals surface area contributed by atoms with Gasteiger partial charge in [0.25, 0.3) is 0 Å². The Kier molecular flexibility index (Phi) is 4.12. The van der Waals surface area contributed by atoms with Gasteiger partial charge in [-0.05, 0) is 24.1 Å². The Morgan fingerprint density at radius 3 is 2.95 bits per heavy atom. The van der Waals surface area contributed by atoms with Crippen LogP contribution in [0.15, 0.2) is 18.2 Å². The van der Waals surface area contributed by atoms with Crippen LogP contribution in [0.1, 0.15) is 13.8 Å². The Morgan fingerprint density at radius 1 is 1.50 bits per heavy atom. The van der Waals surface area contributed by atoms with Crippen LogP contribution in [-0.4, -0.2) is 36.0 Å². The molecule has 0 aliphatic carbocycles. The third-order valence-electron chi connectivity index (χ3n) is 2.94. The van der Waals surface area contributed by atoms with Gasteiger partial charge >= 0.3 is 0 Å². The lowest BCUT2D eigenvalue weighted by Gasteiger charge is -2.16. The molecule has 2 aromatic rings. The van der Waals surface area contributed by atoms with Crippen LogP contribution in [0.3, 0.4) is 0 Å². The van der Waals surface area contributed by atoms with Gasteiger partial charge in [-0.25, -0.2) is 4.98 Å². The average Bonchev–Trinajstić information content (AvgIpc) is 2.79. The number of aromatic amines is 1.